The lowest BCUT2D eigenvalue weighted by Gasteiger charge is -2.29. The number of benzene rings is 2. The number of aryl methyl sites for hydroxylation is 3. The lowest BCUT2D eigenvalue weighted by Crippen LogP contribution is -2.48. The Kier molecular flexibility index (Phi) is 7.07. The van der Waals surface area contributed by atoms with E-state index in [1.165, 1.54) is 4.31 Å². The molecule has 0 aliphatic heterocycles. The van der Waals surface area contributed by atoms with Crippen LogP contribution in [0.2, 0.25) is 0 Å². The summed E-state index contributed by atoms with van der Waals surface area (Å²) in [7, 11) is -3.64. The maximum atomic E-state index is 12.6. The maximum Gasteiger partial charge on any atom is 0.243 e. The number of sulfonamides is 1. The van der Waals surface area contributed by atoms with Crippen LogP contribution in [-0.4, -0.2) is 39.8 Å². The van der Waals surface area contributed by atoms with Gasteiger partial charge in [0, 0.05) is 0 Å². The van der Waals surface area contributed by atoms with Gasteiger partial charge in [-0.1, -0.05) is 24.3 Å². The molecule has 0 aliphatic rings. The highest BCUT2D eigenvalue weighted by Crippen LogP contribution is 2.26. The highest BCUT2D eigenvalue weighted by atomic mass is 32.2. The normalized spacial score (nSPS) is 12.3. The molecule has 152 valence electrons. The predicted octanol–water partition coefficient (Wildman–Crippen LogP) is 2.96. The molecular weight excluding hydrogens is 376 g/mol. The molecule has 1 N–H and O–H groups in total. The Balaban J connectivity index is 2.04. The molecule has 0 heterocycles. The molecule has 0 fully saturated rings. The minimum atomic E-state index is -3.64. The van der Waals surface area contributed by atoms with E-state index in [1.54, 1.807) is 13.0 Å². The Morgan fingerprint density at radius 1 is 1.11 bits per heavy atom. The summed E-state index contributed by atoms with van der Waals surface area (Å²) in [4.78, 5) is 12.6. The molecule has 0 aromatic heterocycles. The number of carbonyl (C=O) groups is 1. The van der Waals surface area contributed by atoms with Gasteiger partial charge in [0.1, 0.15) is 18.4 Å². The second kappa shape index (κ2) is 9.10. The summed E-state index contributed by atoms with van der Waals surface area (Å²) in [6.45, 7) is 7.85. The van der Waals surface area contributed by atoms with Gasteiger partial charge in [0.05, 0.1) is 18.5 Å². The summed E-state index contributed by atoms with van der Waals surface area (Å²) in [5, 5.41) is 2.75. The zero-order valence-electron chi connectivity index (χ0n) is 17.0. The topological polar surface area (TPSA) is 75.7 Å². The van der Waals surface area contributed by atoms with Crippen LogP contribution in [0.1, 0.15) is 23.6 Å². The van der Waals surface area contributed by atoms with Crippen molar-refractivity contribution in [3.8, 4) is 5.75 Å². The van der Waals surface area contributed by atoms with Gasteiger partial charge >= 0.3 is 0 Å². The van der Waals surface area contributed by atoms with Crippen molar-refractivity contribution in [3.63, 3.8) is 0 Å². The van der Waals surface area contributed by atoms with Crippen LogP contribution in [0.25, 0.3) is 0 Å². The molecule has 2 rings (SSSR count). The molecule has 0 aliphatic carbocycles. The smallest absolute Gasteiger partial charge is 0.243 e. The van der Waals surface area contributed by atoms with Gasteiger partial charge in [-0.15, -0.1) is 0 Å². The van der Waals surface area contributed by atoms with Crippen LogP contribution < -0.4 is 14.4 Å². The number of anilines is 1. The van der Waals surface area contributed by atoms with Crippen molar-refractivity contribution in [3.05, 3.63) is 59.2 Å². The van der Waals surface area contributed by atoms with E-state index in [-0.39, 0.29) is 12.5 Å². The summed E-state index contributed by atoms with van der Waals surface area (Å²) in [5.74, 6) is 0.356. The first-order valence-electron chi connectivity index (χ1n) is 9.13. The molecule has 2 aromatic rings. The Bertz CT molecular complexity index is 941. The molecule has 6 nitrogen and oxygen atoms in total. The fourth-order valence-corrected chi connectivity index (χ4v) is 4.16. The minimum Gasteiger partial charge on any atom is -0.492 e. The lowest BCUT2D eigenvalue weighted by atomic mass is 10.1. The zero-order valence-corrected chi connectivity index (χ0v) is 17.8. The summed E-state index contributed by atoms with van der Waals surface area (Å²) < 4.78 is 31.6. The molecule has 7 heteroatoms. The number of hydrogen-bond donors (Lipinski definition) is 1. The molecule has 1 atom stereocenters. The maximum absolute atomic E-state index is 12.6. The van der Waals surface area contributed by atoms with Crippen LogP contribution in [0.3, 0.4) is 0 Å². The summed E-state index contributed by atoms with van der Waals surface area (Å²) in [6, 6.07) is 12.3. The van der Waals surface area contributed by atoms with Gasteiger partial charge in [-0.3, -0.25) is 9.10 Å². The molecule has 0 radical (unpaired) electrons. The third-order valence-corrected chi connectivity index (χ3v) is 5.58. The van der Waals surface area contributed by atoms with Crippen molar-refractivity contribution in [2.24, 2.45) is 0 Å². The van der Waals surface area contributed by atoms with Crippen LogP contribution in [0.4, 0.5) is 5.69 Å². The van der Waals surface area contributed by atoms with Crippen molar-refractivity contribution in [1.82, 2.24) is 5.32 Å². The lowest BCUT2D eigenvalue weighted by molar-refractivity contribution is -0.121. The quantitative estimate of drug-likeness (QED) is 0.687. The Labute approximate surface area is 167 Å². The number of ether oxygens (including phenoxy) is 1. The van der Waals surface area contributed by atoms with Gasteiger partial charge in [0.25, 0.3) is 0 Å². The van der Waals surface area contributed by atoms with Crippen LogP contribution in [0, 0.1) is 20.8 Å². The van der Waals surface area contributed by atoms with E-state index in [2.05, 4.69) is 5.32 Å². The standard InChI is InChI=1S/C21H28N2O4S/c1-15-7-6-8-19(13-15)27-12-11-22-21(24)18(4)23(28(5,25)26)20-14-16(2)9-10-17(20)3/h6-10,13-14,18H,11-12H2,1-5H3,(H,22,24). The van der Waals surface area contributed by atoms with Gasteiger partial charge in [-0.05, 0) is 62.6 Å². The first kappa shape index (κ1) is 21.8. The third-order valence-electron chi connectivity index (χ3n) is 4.35. The van der Waals surface area contributed by atoms with E-state index in [9.17, 15) is 13.2 Å². The van der Waals surface area contributed by atoms with Crippen molar-refractivity contribution in [2.75, 3.05) is 23.7 Å². The highest BCUT2D eigenvalue weighted by Gasteiger charge is 2.30. The Morgan fingerprint density at radius 3 is 2.43 bits per heavy atom. The van der Waals surface area contributed by atoms with E-state index in [0.29, 0.717) is 12.3 Å². The number of rotatable bonds is 8. The van der Waals surface area contributed by atoms with Crippen molar-refractivity contribution < 1.29 is 17.9 Å². The number of nitrogens with one attached hydrogen (secondary N) is 1. The fraction of sp³-hybridized carbons (Fsp3) is 0.381. The monoisotopic (exact) mass is 404 g/mol. The fourth-order valence-electron chi connectivity index (χ4n) is 2.93. The van der Waals surface area contributed by atoms with Crippen LogP contribution in [0.5, 0.6) is 5.75 Å². The second-order valence-corrected chi connectivity index (χ2v) is 8.84. The van der Waals surface area contributed by atoms with Gasteiger partial charge in [-0.2, -0.15) is 0 Å². The van der Waals surface area contributed by atoms with E-state index >= 15 is 0 Å². The first-order chi connectivity index (χ1) is 13.1. The summed E-state index contributed by atoms with van der Waals surface area (Å²) >= 11 is 0. The molecule has 0 spiro atoms. The predicted molar refractivity (Wildman–Crippen MR) is 112 cm³/mol. The minimum absolute atomic E-state index is 0.279. The molecule has 28 heavy (non-hydrogen) atoms. The Morgan fingerprint density at radius 2 is 1.79 bits per heavy atom. The SMILES string of the molecule is Cc1cccc(OCCNC(=O)C(C)N(c2cc(C)ccc2C)S(C)(=O)=O)c1. The van der Waals surface area contributed by atoms with Crippen LogP contribution in [0.15, 0.2) is 42.5 Å². The van der Waals surface area contributed by atoms with Gasteiger partial charge in [0.15, 0.2) is 0 Å². The summed E-state index contributed by atoms with van der Waals surface area (Å²) in [5.41, 5.74) is 3.32. The molecule has 0 saturated carbocycles. The molecular formula is C21H28N2O4S. The van der Waals surface area contributed by atoms with Crippen molar-refractivity contribution in [2.45, 2.75) is 33.7 Å². The molecule has 0 bridgehead atoms. The summed E-state index contributed by atoms with van der Waals surface area (Å²) in [6.07, 6.45) is 1.11. The first-order valence-corrected chi connectivity index (χ1v) is 11.0. The number of carbonyl (C=O) groups excluding carboxylic acids is 1. The zero-order chi connectivity index (χ0) is 20.9. The largest absolute Gasteiger partial charge is 0.492 e. The van der Waals surface area contributed by atoms with Gasteiger partial charge < -0.3 is 10.1 Å². The third kappa shape index (κ3) is 5.73. The highest BCUT2D eigenvalue weighted by molar-refractivity contribution is 7.92. The molecule has 2 aromatic carbocycles. The van der Waals surface area contributed by atoms with Crippen LogP contribution >= 0.6 is 0 Å². The molecule has 0 saturated heterocycles. The number of nitrogens with zero attached hydrogens (tertiary/aromatic N) is 1. The van der Waals surface area contributed by atoms with E-state index in [0.717, 1.165) is 28.7 Å². The second-order valence-electron chi connectivity index (χ2n) is 6.98. The average molecular weight is 405 g/mol. The van der Waals surface area contributed by atoms with E-state index in [1.807, 2.05) is 57.2 Å². The Hall–Kier alpha value is -2.54. The van der Waals surface area contributed by atoms with E-state index < -0.39 is 16.1 Å². The van der Waals surface area contributed by atoms with Gasteiger partial charge in [0.2, 0.25) is 15.9 Å². The number of hydrogen-bond acceptors (Lipinski definition) is 4. The van der Waals surface area contributed by atoms with Crippen LogP contribution in [-0.2, 0) is 14.8 Å². The molecule has 1 unspecified atom stereocenters. The van der Waals surface area contributed by atoms with Crippen molar-refractivity contribution >= 4 is 21.6 Å². The van der Waals surface area contributed by atoms with Crippen molar-refractivity contribution in [1.29, 1.82) is 0 Å². The number of amides is 1. The average Bonchev–Trinajstić information content (AvgIpc) is 2.60. The van der Waals surface area contributed by atoms with Gasteiger partial charge in [-0.25, -0.2) is 8.42 Å². The van der Waals surface area contributed by atoms with E-state index in [4.69, 9.17) is 4.74 Å². The molecule has 1 amide bonds.